The highest BCUT2D eigenvalue weighted by Gasteiger charge is 2.49. The summed E-state index contributed by atoms with van der Waals surface area (Å²) in [7, 11) is 1.50. The highest BCUT2D eigenvalue weighted by Crippen LogP contribution is 2.42. The monoisotopic (exact) mass is 576 g/mol. The number of hydrogen-bond donors (Lipinski definition) is 2. The van der Waals surface area contributed by atoms with Crippen molar-refractivity contribution in [2.24, 2.45) is 0 Å². The highest BCUT2D eigenvalue weighted by atomic mass is 19.3. The Morgan fingerprint density at radius 3 is 2.66 bits per heavy atom. The SMILES string of the molecule is COc1cc2nc(C)nc(N[C@H](C)c3cccc(C(F)(F)C(C)(C)O)c3F)c2cc1OC[C@@H]1CN(C(C)=O)CCO1. The summed E-state index contributed by atoms with van der Waals surface area (Å²) in [6.07, 6.45) is -0.336. The summed E-state index contributed by atoms with van der Waals surface area (Å²) in [4.78, 5) is 22.4. The van der Waals surface area contributed by atoms with Crippen LogP contribution in [-0.2, 0) is 15.5 Å². The average Bonchev–Trinajstić information content (AvgIpc) is 2.90. The Morgan fingerprint density at radius 1 is 1.27 bits per heavy atom. The second-order valence-corrected chi connectivity index (χ2v) is 10.6. The molecule has 2 heterocycles. The maximum Gasteiger partial charge on any atom is 0.303 e. The average molecular weight is 577 g/mol. The van der Waals surface area contributed by atoms with Gasteiger partial charge in [0.15, 0.2) is 11.5 Å². The molecule has 0 unspecified atom stereocenters. The number of fused-ring (bicyclic) bond motifs is 1. The standard InChI is InChI=1S/C29H35F3N4O5/c1-16(20-8-7-9-22(26(20)30)29(31,32)28(4,5)38)33-27-21-12-25(24(39-6)13-23(21)34-17(2)35-27)41-15-19-14-36(18(3)37)10-11-40-19/h7-9,12-13,16,19,38H,10-11,14-15H2,1-6H3,(H,33,34,35)/t16-,19+/m1/s1. The number of methoxy groups -OCH3 is 1. The van der Waals surface area contributed by atoms with E-state index in [1.54, 1.807) is 30.9 Å². The van der Waals surface area contributed by atoms with E-state index in [9.17, 15) is 18.7 Å². The number of aromatic nitrogens is 2. The van der Waals surface area contributed by atoms with Crippen LogP contribution in [-0.4, -0.2) is 71.0 Å². The van der Waals surface area contributed by atoms with Gasteiger partial charge >= 0.3 is 5.92 Å². The van der Waals surface area contributed by atoms with Gasteiger partial charge in [-0.25, -0.2) is 14.4 Å². The molecule has 3 aromatic rings. The van der Waals surface area contributed by atoms with Crippen molar-refractivity contribution in [3.63, 3.8) is 0 Å². The van der Waals surface area contributed by atoms with E-state index in [1.807, 2.05) is 0 Å². The zero-order valence-corrected chi connectivity index (χ0v) is 23.9. The molecule has 9 nitrogen and oxygen atoms in total. The van der Waals surface area contributed by atoms with E-state index in [1.165, 1.54) is 26.2 Å². The molecule has 0 radical (unpaired) electrons. The first kappa shape index (κ1) is 30.3. The van der Waals surface area contributed by atoms with Crippen molar-refractivity contribution in [1.82, 2.24) is 14.9 Å². The number of ether oxygens (including phenoxy) is 3. The first-order valence-electron chi connectivity index (χ1n) is 13.2. The van der Waals surface area contributed by atoms with E-state index in [4.69, 9.17) is 14.2 Å². The summed E-state index contributed by atoms with van der Waals surface area (Å²) in [5, 5.41) is 13.6. The third kappa shape index (κ3) is 6.33. The Bertz CT molecular complexity index is 1430. The lowest BCUT2D eigenvalue weighted by Crippen LogP contribution is -2.46. The Kier molecular flexibility index (Phi) is 8.65. The Hall–Kier alpha value is -3.64. The number of alkyl halides is 2. The van der Waals surface area contributed by atoms with Gasteiger partial charge in [-0.1, -0.05) is 12.1 Å². The predicted molar refractivity (Wildman–Crippen MR) is 147 cm³/mol. The maximum absolute atomic E-state index is 15.4. The van der Waals surface area contributed by atoms with Crippen LogP contribution in [0.5, 0.6) is 11.5 Å². The minimum atomic E-state index is -3.82. The van der Waals surface area contributed by atoms with Gasteiger partial charge in [0.1, 0.15) is 35.8 Å². The van der Waals surface area contributed by atoms with E-state index >= 15 is 4.39 Å². The van der Waals surface area contributed by atoms with Gasteiger partial charge in [0.2, 0.25) is 5.91 Å². The fourth-order valence-corrected chi connectivity index (χ4v) is 4.66. The zero-order valence-electron chi connectivity index (χ0n) is 23.9. The van der Waals surface area contributed by atoms with Crippen molar-refractivity contribution in [3.8, 4) is 11.5 Å². The molecule has 0 spiro atoms. The summed E-state index contributed by atoms with van der Waals surface area (Å²) in [6.45, 7) is 8.17. The topological polar surface area (TPSA) is 106 Å². The molecule has 1 aromatic heterocycles. The van der Waals surface area contributed by atoms with Crippen LogP contribution in [0.3, 0.4) is 0 Å². The van der Waals surface area contributed by atoms with Gasteiger partial charge in [0.25, 0.3) is 0 Å². The number of carbonyl (C=O) groups excluding carboxylic acids is 1. The second kappa shape index (κ2) is 11.7. The van der Waals surface area contributed by atoms with Crippen molar-refractivity contribution in [2.75, 3.05) is 38.7 Å². The maximum atomic E-state index is 15.4. The van der Waals surface area contributed by atoms with Crippen molar-refractivity contribution in [3.05, 3.63) is 53.1 Å². The number of amides is 1. The zero-order chi connectivity index (χ0) is 30.1. The molecular formula is C29H35F3N4O5. The van der Waals surface area contributed by atoms with Crippen LogP contribution in [0.25, 0.3) is 10.9 Å². The lowest BCUT2D eigenvalue weighted by molar-refractivity contribution is -0.170. The minimum Gasteiger partial charge on any atom is -0.493 e. The summed E-state index contributed by atoms with van der Waals surface area (Å²) in [5.74, 6) is -3.42. The summed E-state index contributed by atoms with van der Waals surface area (Å²) in [6, 6.07) is 6.28. The Morgan fingerprint density at radius 2 is 2.00 bits per heavy atom. The molecule has 1 aliphatic heterocycles. The fourth-order valence-electron chi connectivity index (χ4n) is 4.66. The third-order valence-corrected chi connectivity index (χ3v) is 7.06. The lowest BCUT2D eigenvalue weighted by Gasteiger charge is -2.32. The highest BCUT2D eigenvalue weighted by molar-refractivity contribution is 5.92. The molecule has 222 valence electrons. The number of morpholine rings is 1. The van der Waals surface area contributed by atoms with Crippen LogP contribution < -0.4 is 14.8 Å². The molecule has 2 aromatic carbocycles. The van der Waals surface area contributed by atoms with Crippen molar-refractivity contribution in [2.45, 2.75) is 58.3 Å². The largest absolute Gasteiger partial charge is 0.493 e. The number of carbonyl (C=O) groups is 1. The number of anilines is 1. The molecule has 1 saturated heterocycles. The molecule has 0 bridgehead atoms. The Balaban J connectivity index is 1.65. The number of benzene rings is 2. The normalized spacial score (nSPS) is 16.9. The van der Waals surface area contributed by atoms with E-state index in [-0.39, 0.29) is 24.2 Å². The molecule has 2 N–H and O–H groups in total. The van der Waals surface area contributed by atoms with Crippen LogP contribution >= 0.6 is 0 Å². The second-order valence-electron chi connectivity index (χ2n) is 10.6. The molecule has 41 heavy (non-hydrogen) atoms. The van der Waals surface area contributed by atoms with Crippen LogP contribution in [0.15, 0.2) is 30.3 Å². The predicted octanol–water partition coefficient (Wildman–Crippen LogP) is 4.75. The van der Waals surface area contributed by atoms with Gasteiger partial charge in [-0.05, 0) is 39.8 Å². The summed E-state index contributed by atoms with van der Waals surface area (Å²) >= 11 is 0. The first-order valence-corrected chi connectivity index (χ1v) is 13.2. The number of rotatable bonds is 9. The number of halogens is 3. The molecule has 1 aliphatic rings. The minimum absolute atomic E-state index is 0.0229. The molecule has 0 saturated carbocycles. The van der Waals surface area contributed by atoms with E-state index in [0.717, 1.165) is 19.9 Å². The first-order chi connectivity index (χ1) is 19.2. The van der Waals surface area contributed by atoms with Gasteiger partial charge in [0, 0.05) is 30.5 Å². The smallest absolute Gasteiger partial charge is 0.303 e. The van der Waals surface area contributed by atoms with E-state index in [2.05, 4.69) is 15.3 Å². The van der Waals surface area contributed by atoms with Crippen LogP contribution in [0.4, 0.5) is 19.0 Å². The van der Waals surface area contributed by atoms with Crippen molar-refractivity contribution in [1.29, 1.82) is 0 Å². The number of nitrogens with zero attached hydrogens (tertiary/aromatic N) is 3. The molecular weight excluding hydrogens is 541 g/mol. The van der Waals surface area contributed by atoms with Gasteiger partial charge in [-0.15, -0.1) is 0 Å². The quantitative estimate of drug-likeness (QED) is 0.376. The number of aryl methyl sites for hydroxylation is 1. The van der Waals surface area contributed by atoms with Gasteiger partial charge in [-0.2, -0.15) is 8.78 Å². The molecule has 2 atom stereocenters. The number of nitrogens with one attached hydrogen (secondary N) is 1. The summed E-state index contributed by atoms with van der Waals surface area (Å²) in [5.41, 5.74) is -2.86. The molecule has 0 aliphatic carbocycles. The molecule has 1 fully saturated rings. The van der Waals surface area contributed by atoms with E-state index < -0.39 is 28.9 Å². The number of aliphatic hydroxyl groups is 1. The lowest BCUT2D eigenvalue weighted by atomic mass is 9.91. The molecule has 4 rings (SSSR count). The Labute approximate surface area is 236 Å². The van der Waals surface area contributed by atoms with Crippen molar-refractivity contribution < 1.29 is 37.3 Å². The van der Waals surface area contributed by atoms with Crippen LogP contribution in [0.1, 0.15) is 50.7 Å². The van der Waals surface area contributed by atoms with E-state index in [0.29, 0.717) is 53.7 Å². The van der Waals surface area contributed by atoms with Gasteiger partial charge < -0.3 is 29.5 Å². The number of hydrogen-bond acceptors (Lipinski definition) is 8. The fraction of sp³-hybridized carbons (Fsp3) is 0.483. The van der Waals surface area contributed by atoms with Gasteiger partial charge in [0.05, 0.1) is 37.4 Å². The third-order valence-electron chi connectivity index (χ3n) is 7.06. The van der Waals surface area contributed by atoms with Crippen LogP contribution in [0.2, 0.25) is 0 Å². The molecule has 1 amide bonds. The summed E-state index contributed by atoms with van der Waals surface area (Å²) < 4.78 is 62.4. The van der Waals surface area contributed by atoms with Crippen molar-refractivity contribution >= 4 is 22.6 Å². The van der Waals surface area contributed by atoms with Crippen LogP contribution in [0, 0.1) is 12.7 Å². The molecule has 12 heteroatoms. The van der Waals surface area contributed by atoms with Gasteiger partial charge in [-0.3, -0.25) is 4.79 Å².